The zero-order chi connectivity index (χ0) is 15.4. The minimum atomic E-state index is -0.702. The van der Waals surface area contributed by atoms with Gasteiger partial charge in [-0.1, -0.05) is 6.07 Å². The Morgan fingerprint density at radius 1 is 1.24 bits per heavy atom. The average molecular weight is 291 g/mol. The molecule has 1 aromatic carbocycles. The number of nitro groups is 2. The highest BCUT2D eigenvalue weighted by Gasteiger charge is 2.20. The van der Waals surface area contributed by atoms with Gasteiger partial charge in [0.1, 0.15) is 11.9 Å². The molecule has 0 saturated heterocycles. The largest absolute Gasteiger partial charge is 0.433 e. The Balaban J connectivity index is 2.40. The van der Waals surface area contributed by atoms with Gasteiger partial charge in [-0.3, -0.25) is 20.2 Å². The van der Waals surface area contributed by atoms with Gasteiger partial charge in [-0.15, -0.1) is 0 Å². The summed E-state index contributed by atoms with van der Waals surface area (Å²) in [6, 6.07) is 5.25. The molecule has 2 aromatic rings. The van der Waals surface area contributed by atoms with Crippen LogP contribution in [0.3, 0.4) is 0 Å². The molecule has 0 atom stereocenters. The van der Waals surface area contributed by atoms with Gasteiger partial charge in [0.2, 0.25) is 5.95 Å². The van der Waals surface area contributed by atoms with Gasteiger partial charge in [0.25, 0.3) is 5.69 Å². The third-order valence-corrected chi connectivity index (χ3v) is 2.40. The molecule has 0 aliphatic carbocycles. The van der Waals surface area contributed by atoms with Gasteiger partial charge in [-0.25, -0.2) is 4.98 Å². The topological polar surface area (TPSA) is 133 Å². The monoisotopic (exact) mass is 291 g/mol. The third kappa shape index (κ3) is 3.18. The molecule has 0 aliphatic rings. The van der Waals surface area contributed by atoms with Crippen LogP contribution in [0.2, 0.25) is 0 Å². The lowest BCUT2D eigenvalue weighted by molar-refractivity contribution is -0.386. The maximum atomic E-state index is 10.9. The van der Waals surface area contributed by atoms with E-state index in [1.54, 1.807) is 0 Å². The van der Waals surface area contributed by atoms with Crippen molar-refractivity contribution < 1.29 is 14.6 Å². The number of nitrogens with one attached hydrogen (secondary N) is 1. The minimum Gasteiger partial charge on any atom is -0.433 e. The fourth-order valence-electron chi connectivity index (χ4n) is 1.45. The zero-order valence-corrected chi connectivity index (χ0v) is 10.7. The molecule has 0 radical (unpaired) electrons. The summed E-state index contributed by atoms with van der Waals surface area (Å²) in [7, 11) is 1.54. The van der Waals surface area contributed by atoms with Gasteiger partial charge >= 0.3 is 11.6 Å². The second-order valence-corrected chi connectivity index (χ2v) is 3.75. The predicted octanol–water partition coefficient (Wildman–Crippen LogP) is 2.13. The molecule has 10 heteroatoms. The van der Waals surface area contributed by atoms with Crippen molar-refractivity contribution in [1.29, 1.82) is 0 Å². The quantitative estimate of drug-likeness (QED) is 0.654. The first kappa shape index (κ1) is 14.1. The summed E-state index contributed by atoms with van der Waals surface area (Å²) in [6.45, 7) is 0. The zero-order valence-electron chi connectivity index (χ0n) is 10.7. The summed E-state index contributed by atoms with van der Waals surface area (Å²) < 4.78 is 5.27. The van der Waals surface area contributed by atoms with Crippen molar-refractivity contribution in [1.82, 2.24) is 9.97 Å². The van der Waals surface area contributed by atoms with Crippen molar-refractivity contribution in [2.75, 3.05) is 12.4 Å². The lowest BCUT2D eigenvalue weighted by atomic mass is 10.3. The first-order valence-corrected chi connectivity index (χ1v) is 5.62. The summed E-state index contributed by atoms with van der Waals surface area (Å²) in [4.78, 5) is 27.8. The van der Waals surface area contributed by atoms with Gasteiger partial charge < -0.3 is 10.1 Å². The Hall–Kier alpha value is -3.30. The Labute approximate surface area is 117 Å². The van der Waals surface area contributed by atoms with Gasteiger partial charge in [0, 0.05) is 13.1 Å². The highest BCUT2D eigenvalue weighted by Crippen LogP contribution is 2.30. The van der Waals surface area contributed by atoms with Crippen molar-refractivity contribution in [2.24, 2.45) is 0 Å². The Bertz CT molecular complexity index is 705. The highest BCUT2D eigenvalue weighted by atomic mass is 16.6. The lowest BCUT2D eigenvalue weighted by Gasteiger charge is -2.06. The number of benzene rings is 1. The van der Waals surface area contributed by atoms with E-state index in [0.717, 1.165) is 12.3 Å². The summed E-state index contributed by atoms with van der Waals surface area (Å²) in [5.74, 6) is -0.117. The van der Waals surface area contributed by atoms with E-state index in [2.05, 4.69) is 15.3 Å². The Morgan fingerprint density at radius 2 is 2.00 bits per heavy atom. The molecule has 0 saturated carbocycles. The third-order valence-electron chi connectivity index (χ3n) is 2.40. The molecule has 1 aromatic heterocycles. The van der Waals surface area contributed by atoms with E-state index in [1.165, 1.54) is 25.2 Å². The van der Waals surface area contributed by atoms with Crippen LogP contribution in [-0.4, -0.2) is 26.9 Å². The number of hydrogen-bond donors (Lipinski definition) is 1. The van der Waals surface area contributed by atoms with E-state index in [0.29, 0.717) is 0 Å². The van der Waals surface area contributed by atoms with Crippen molar-refractivity contribution in [3.63, 3.8) is 0 Å². The maximum absolute atomic E-state index is 10.9. The minimum absolute atomic E-state index is 0.0630. The van der Waals surface area contributed by atoms with Crippen molar-refractivity contribution in [3.8, 4) is 11.6 Å². The number of rotatable bonds is 5. The first-order valence-electron chi connectivity index (χ1n) is 5.62. The fourth-order valence-corrected chi connectivity index (χ4v) is 1.45. The van der Waals surface area contributed by atoms with Crippen LogP contribution in [0.1, 0.15) is 0 Å². The Kier molecular flexibility index (Phi) is 3.88. The molecule has 2 rings (SSSR count). The van der Waals surface area contributed by atoms with Gasteiger partial charge in [0.15, 0.2) is 0 Å². The highest BCUT2D eigenvalue weighted by molar-refractivity contribution is 5.47. The molecule has 108 valence electrons. The average Bonchev–Trinajstić information content (AvgIpc) is 2.47. The van der Waals surface area contributed by atoms with Crippen LogP contribution in [0.25, 0.3) is 0 Å². The molecule has 0 aliphatic heterocycles. The van der Waals surface area contributed by atoms with Gasteiger partial charge in [-0.2, -0.15) is 4.98 Å². The number of anilines is 1. The molecule has 1 N–H and O–H groups in total. The molecule has 0 amide bonds. The summed E-state index contributed by atoms with van der Waals surface area (Å²) in [5.41, 5.74) is -0.640. The van der Waals surface area contributed by atoms with E-state index in [1.807, 2.05) is 0 Å². The van der Waals surface area contributed by atoms with Crippen molar-refractivity contribution in [3.05, 3.63) is 50.7 Å². The number of nitro benzene ring substituents is 1. The normalized spacial score (nSPS) is 9.95. The number of aromatic nitrogens is 2. The Morgan fingerprint density at radius 3 is 2.62 bits per heavy atom. The van der Waals surface area contributed by atoms with E-state index >= 15 is 0 Å². The molecule has 0 fully saturated rings. The van der Waals surface area contributed by atoms with Crippen molar-refractivity contribution >= 4 is 17.3 Å². The molecule has 21 heavy (non-hydrogen) atoms. The van der Waals surface area contributed by atoms with E-state index in [9.17, 15) is 20.2 Å². The molecular formula is C11H9N5O5. The summed E-state index contributed by atoms with van der Waals surface area (Å²) in [6.07, 6.45) is 0.992. The van der Waals surface area contributed by atoms with E-state index in [-0.39, 0.29) is 23.3 Å². The number of hydrogen-bond acceptors (Lipinski definition) is 8. The van der Waals surface area contributed by atoms with Crippen LogP contribution >= 0.6 is 0 Å². The van der Waals surface area contributed by atoms with E-state index < -0.39 is 15.5 Å². The molecule has 10 nitrogen and oxygen atoms in total. The molecule has 0 unspecified atom stereocenters. The van der Waals surface area contributed by atoms with Crippen LogP contribution in [0.4, 0.5) is 17.3 Å². The molecule has 1 heterocycles. The summed E-state index contributed by atoms with van der Waals surface area (Å²) in [5, 5.41) is 24.2. The number of nitrogens with zero attached hydrogens (tertiary/aromatic N) is 4. The van der Waals surface area contributed by atoms with Crippen LogP contribution in [0, 0.1) is 20.2 Å². The fraction of sp³-hybridized carbons (Fsp3) is 0.0909. The lowest BCUT2D eigenvalue weighted by Crippen LogP contribution is -2.02. The smallest absolute Gasteiger partial charge is 0.349 e. The molecule has 0 bridgehead atoms. The first-order chi connectivity index (χ1) is 10.0. The SMILES string of the molecule is CNc1ncc([N+](=O)[O-])c(Oc2cccc([N+](=O)[O-])c2)n1. The van der Waals surface area contributed by atoms with Crippen LogP contribution in [0.5, 0.6) is 11.6 Å². The molecule has 0 spiro atoms. The number of non-ortho nitro benzene ring substituents is 1. The second kappa shape index (κ2) is 5.77. The standard InChI is InChI=1S/C11H9N5O5/c1-12-11-13-6-9(16(19)20)10(14-11)21-8-4-2-3-7(5-8)15(17)18/h2-6H,1H3,(H,12,13,14). The van der Waals surface area contributed by atoms with Gasteiger partial charge in [-0.05, 0) is 6.07 Å². The van der Waals surface area contributed by atoms with Crippen LogP contribution in [-0.2, 0) is 0 Å². The van der Waals surface area contributed by atoms with Gasteiger partial charge in [0.05, 0.1) is 15.9 Å². The van der Waals surface area contributed by atoms with E-state index in [4.69, 9.17) is 4.74 Å². The number of ether oxygens (including phenoxy) is 1. The summed E-state index contributed by atoms with van der Waals surface area (Å²) >= 11 is 0. The second-order valence-electron chi connectivity index (χ2n) is 3.75. The molecular weight excluding hydrogens is 282 g/mol. The van der Waals surface area contributed by atoms with Crippen LogP contribution in [0.15, 0.2) is 30.5 Å². The predicted molar refractivity (Wildman–Crippen MR) is 71.4 cm³/mol. The maximum Gasteiger partial charge on any atom is 0.349 e. The van der Waals surface area contributed by atoms with Crippen molar-refractivity contribution in [2.45, 2.75) is 0 Å². The van der Waals surface area contributed by atoms with Crippen LogP contribution < -0.4 is 10.1 Å².